The molecule has 0 radical (unpaired) electrons. The fraction of sp³-hybridized carbons (Fsp3) is 0. The highest BCUT2D eigenvalue weighted by Crippen LogP contribution is 2.31. The Bertz CT molecular complexity index is 275. The molecule has 5 heteroatoms. The SMILES string of the molecule is Fc1c(Cl)cc(Br)c(F)c1Br. The molecule has 11 heavy (non-hydrogen) atoms. The lowest BCUT2D eigenvalue weighted by Gasteiger charge is -2.00. The predicted octanol–water partition coefficient (Wildman–Crippen LogP) is 4.14. The van der Waals surface area contributed by atoms with Crippen molar-refractivity contribution in [1.29, 1.82) is 0 Å². The lowest BCUT2D eigenvalue weighted by molar-refractivity contribution is 0.568. The van der Waals surface area contributed by atoms with Crippen LogP contribution in [-0.4, -0.2) is 0 Å². The van der Waals surface area contributed by atoms with Gasteiger partial charge in [-0.2, -0.15) is 0 Å². The van der Waals surface area contributed by atoms with Crippen LogP contribution in [0.2, 0.25) is 5.02 Å². The zero-order valence-corrected chi connectivity index (χ0v) is 8.90. The van der Waals surface area contributed by atoms with E-state index in [9.17, 15) is 8.78 Å². The molecule has 0 heterocycles. The molecule has 0 aliphatic heterocycles. The highest BCUT2D eigenvalue weighted by atomic mass is 79.9. The van der Waals surface area contributed by atoms with Crippen molar-refractivity contribution in [2.24, 2.45) is 0 Å². The largest absolute Gasteiger partial charge is 0.204 e. The van der Waals surface area contributed by atoms with Crippen LogP contribution in [-0.2, 0) is 0 Å². The third kappa shape index (κ3) is 1.73. The maximum absolute atomic E-state index is 12.8. The summed E-state index contributed by atoms with van der Waals surface area (Å²) >= 11 is 11.0. The van der Waals surface area contributed by atoms with Crippen LogP contribution in [0.15, 0.2) is 15.0 Å². The molecule has 0 aliphatic carbocycles. The first kappa shape index (κ1) is 9.42. The van der Waals surface area contributed by atoms with Crippen molar-refractivity contribution in [2.75, 3.05) is 0 Å². The lowest BCUT2D eigenvalue weighted by Crippen LogP contribution is -1.86. The smallest absolute Gasteiger partial charge is 0.158 e. The summed E-state index contributed by atoms with van der Waals surface area (Å²) in [4.78, 5) is 0. The highest BCUT2D eigenvalue weighted by Gasteiger charge is 2.13. The quantitative estimate of drug-likeness (QED) is 0.499. The van der Waals surface area contributed by atoms with Gasteiger partial charge in [0, 0.05) is 0 Å². The van der Waals surface area contributed by atoms with Gasteiger partial charge in [0.2, 0.25) is 0 Å². The molecule has 60 valence electrons. The van der Waals surface area contributed by atoms with Crippen LogP contribution in [0.1, 0.15) is 0 Å². The normalized spacial score (nSPS) is 10.3. The number of halogens is 5. The molecule has 0 atom stereocenters. The minimum absolute atomic E-state index is 0.120. The van der Waals surface area contributed by atoms with Gasteiger partial charge in [0.1, 0.15) is 0 Å². The van der Waals surface area contributed by atoms with E-state index in [0.29, 0.717) is 0 Å². The van der Waals surface area contributed by atoms with Gasteiger partial charge < -0.3 is 0 Å². The maximum atomic E-state index is 12.8. The second kappa shape index (κ2) is 3.37. The zero-order chi connectivity index (χ0) is 8.59. The summed E-state index contributed by atoms with van der Waals surface area (Å²) < 4.78 is 25.4. The molecule has 0 unspecified atom stereocenters. The van der Waals surface area contributed by atoms with E-state index in [1.54, 1.807) is 0 Å². The fourth-order valence-electron chi connectivity index (χ4n) is 0.544. The second-order valence-electron chi connectivity index (χ2n) is 1.78. The summed E-state index contributed by atoms with van der Waals surface area (Å²) in [6, 6.07) is 1.16. The van der Waals surface area contributed by atoms with Crippen LogP contribution in [0, 0.1) is 11.6 Å². The standard InChI is InChI=1S/C6HBr2ClF2/c7-2-1-3(9)6(11)4(8)5(2)10/h1H. The topological polar surface area (TPSA) is 0 Å². The summed E-state index contributed by atoms with van der Waals surface area (Å²) in [5.74, 6) is -1.47. The van der Waals surface area contributed by atoms with Gasteiger partial charge in [-0.05, 0) is 37.9 Å². The first-order chi connectivity index (χ1) is 5.04. The lowest BCUT2D eigenvalue weighted by atomic mass is 10.3. The summed E-state index contributed by atoms with van der Waals surface area (Å²) in [5, 5.41) is -0.120. The van der Waals surface area contributed by atoms with Gasteiger partial charge in [-0.3, -0.25) is 0 Å². The van der Waals surface area contributed by atoms with Crippen LogP contribution in [0.25, 0.3) is 0 Å². The molecule has 0 saturated carbocycles. The first-order valence-electron chi connectivity index (χ1n) is 2.52. The Morgan fingerprint density at radius 2 is 1.73 bits per heavy atom. The number of hydrogen-bond acceptors (Lipinski definition) is 0. The van der Waals surface area contributed by atoms with Gasteiger partial charge in [-0.25, -0.2) is 8.78 Å². The second-order valence-corrected chi connectivity index (χ2v) is 3.84. The zero-order valence-electron chi connectivity index (χ0n) is 4.97. The summed E-state index contributed by atoms with van der Waals surface area (Å²) in [6.45, 7) is 0. The molecule has 0 amide bonds. The average Bonchev–Trinajstić information content (AvgIpc) is 1.97. The van der Waals surface area contributed by atoms with E-state index < -0.39 is 11.6 Å². The predicted molar refractivity (Wildman–Crippen MR) is 46.8 cm³/mol. The first-order valence-corrected chi connectivity index (χ1v) is 4.49. The van der Waals surface area contributed by atoms with Crippen LogP contribution >= 0.6 is 43.5 Å². The molecule has 0 spiro atoms. The molecule has 0 aromatic heterocycles. The molecule has 1 rings (SSSR count). The van der Waals surface area contributed by atoms with Gasteiger partial charge in [-0.15, -0.1) is 0 Å². The minimum Gasteiger partial charge on any atom is -0.204 e. The van der Waals surface area contributed by atoms with Gasteiger partial charge in [0.15, 0.2) is 11.6 Å². The van der Waals surface area contributed by atoms with Crippen molar-refractivity contribution >= 4 is 43.5 Å². The van der Waals surface area contributed by atoms with Gasteiger partial charge in [0.25, 0.3) is 0 Å². The molecular formula is C6HBr2ClF2. The minimum atomic E-state index is -0.785. The Balaban J connectivity index is 3.46. The van der Waals surface area contributed by atoms with Crippen LogP contribution in [0.4, 0.5) is 8.78 Å². The molecule has 0 nitrogen and oxygen atoms in total. The number of benzene rings is 1. The Hall–Kier alpha value is 0.330. The molecule has 1 aromatic rings. The van der Waals surface area contributed by atoms with E-state index in [4.69, 9.17) is 11.6 Å². The Morgan fingerprint density at radius 1 is 1.18 bits per heavy atom. The monoisotopic (exact) mass is 304 g/mol. The third-order valence-corrected chi connectivity index (χ3v) is 2.61. The molecular weight excluding hydrogens is 305 g/mol. The molecule has 0 bridgehead atoms. The molecule has 0 saturated heterocycles. The van der Waals surface area contributed by atoms with E-state index in [0.717, 1.165) is 6.07 Å². The van der Waals surface area contributed by atoms with Crippen LogP contribution < -0.4 is 0 Å². The highest BCUT2D eigenvalue weighted by molar-refractivity contribution is 9.11. The number of rotatable bonds is 0. The van der Waals surface area contributed by atoms with Crippen molar-refractivity contribution in [3.63, 3.8) is 0 Å². The fourth-order valence-corrected chi connectivity index (χ4v) is 2.11. The van der Waals surface area contributed by atoms with E-state index in [1.165, 1.54) is 0 Å². The Labute approximate surface area is 83.8 Å². The van der Waals surface area contributed by atoms with Gasteiger partial charge >= 0.3 is 0 Å². The van der Waals surface area contributed by atoms with Crippen molar-refractivity contribution in [3.8, 4) is 0 Å². The average molecular weight is 306 g/mol. The van der Waals surface area contributed by atoms with Crippen LogP contribution in [0.3, 0.4) is 0 Å². The third-order valence-electron chi connectivity index (χ3n) is 1.06. The van der Waals surface area contributed by atoms with Crippen molar-refractivity contribution < 1.29 is 8.78 Å². The Kier molecular flexibility index (Phi) is 2.89. The van der Waals surface area contributed by atoms with E-state index in [1.807, 2.05) is 0 Å². The van der Waals surface area contributed by atoms with E-state index in [2.05, 4.69) is 31.9 Å². The van der Waals surface area contributed by atoms with Crippen molar-refractivity contribution in [1.82, 2.24) is 0 Å². The summed E-state index contributed by atoms with van der Waals surface area (Å²) in [7, 11) is 0. The Morgan fingerprint density at radius 3 is 2.27 bits per heavy atom. The van der Waals surface area contributed by atoms with Crippen LogP contribution in [0.5, 0.6) is 0 Å². The van der Waals surface area contributed by atoms with E-state index in [-0.39, 0.29) is 14.0 Å². The van der Waals surface area contributed by atoms with Crippen molar-refractivity contribution in [2.45, 2.75) is 0 Å². The van der Waals surface area contributed by atoms with Gasteiger partial charge in [0.05, 0.1) is 14.0 Å². The molecule has 0 N–H and O–H groups in total. The molecule has 1 aromatic carbocycles. The summed E-state index contributed by atoms with van der Waals surface area (Å²) in [5.41, 5.74) is 0. The van der Waals surface area contributed by atoms with E-state index >= 15 is 0 Å². The number of hydrogen-bond donors (Lipinski definition) is 0. The molecule has 0 aliphatic rings. The summed E-state index contributed by atoms with van der Waals surface area (Å²) in [6.07, 6.45) is 0. The maximum Gasteiger partial charge on any atom is 0.158 e. The van der Waals surface area contributed by atoms with Crippen molar-refractivity contribution in [3.05, 3.63) is 31.7 Å². The van der Waals surface area contributed by atoms with Gasteiger partial charge in [-0.1, -0.05) is 11.6 Å². The molecule has 0 fully saturated rings.